The third-order valence-corrected chi connectivity index (χ3v) is 6.05. The van der Waals surface area contributed by atoms with Crippen molar-refractivity contribution in [1.29, 1.82) is 0 Å². The Labute approximate surface area is 160 Å². The van der Waals surface area contributed by atoms with Crippen LogP contribution in [0.2, 0.25) is 10.0 Å². The van der Waals surface area contributed by atoms with Gasteiger partial charge in [-0.15, -0.1) is 0 Å². The third-order valence-electron chi connectivity index (χ3n) is 3.41. The molecule has 140 valence electrons. The molecular weight excluding hydrogens is 406 g/mol. The number of halogens is 3. The lowest BCUT2D eigenvalue weighted by molar-refractivity contribution is -0.116. The molecule has 0 aliphatic carbocycles. The molecule has 0 saturated carbocycles. The number of carbonyl (C=O) groups is 1. The largest absolute Gasteiger partial charge is 0.495 e. The van der Waals surface area contributed by atoms with Gasteiger partial charge in [-0.2, -0.15) is 4.31 Å². The number of benzene rings is 2. The molecule has 0 fully saturated rings. The van der Waals surface area contributed by atoms with Crippen molar-refractivity contribution >= 4 is 44.8 Å². The quantitative estimate of drug-likeness (QED) is 0.776. The number of nitrogens with zero attached hydrogens (tertiary/aromatic N) is 1. The highest BCUT2D eigenvalue weighted by atomic mass is 35.5. The van der Waals surface area contributed by atoms with E-state index < -0.39 is 28.3 Å². The fourth-order valence-corrected chi connectivity index (χ4v) is 3.74. The van der Waals surface area contributed by atoms with E-state index in [4.69, 9.17) is 27.9 Å². The van der Waals surface area contributed by atoms with Crippen molar-refractivity contribution in [3.8, 4) is 5.75 Å². The lowest BCUT2D eigenvalue weighted by Gasteiger charge is -2.19. The minimum absolute atomic E-state index is 0.0310. The topological polar surface area (TPSA) is 75.7 Å². The van der Waals surface area contributed by atoms with E-state index in [9.17, 15) is 17.6 Å². The van der Waals surface area contributed by atoms with Gasteiger partial charge in [-0.25, -0.2) is 12.8 Å². The summed E-state index contributed by atoms with van der Waals surface area (Å²) in [7, 11) is -1.70. The normalized spacial score (nSPS) is 11.5. The van der Waals surface area contributed by atoms with Gasteiger partial charge in [-0.1, -0.05) is 29.3 Å². The lowest BCUT2D eigenvalue weighted by Crippen LogP contribution is -2.35. The number of sulfonamides is 1. The summed E-state index contributed by atoms with van der Waals surface area (Å²) in [5, 5.41) is 2.86. The molecule has 1 amide bonds. The molecule has 0 unspecified atom stereocenters. The zero-order chi connectivity index (χ0) is 19.5. The van der Waals surface area contributed by atoms with Gasteiger partial charge in [0.2, 0.25) is 15.9 Å². The molecule has 2 rings (SSSR count). The first kappa shape index (κ1) is 20.4. The molecule has 0 spiro atoms. The molecular formula is C16H15Cl2FN2O4S. The average molecular weight is 421 g/mol. The Kier molecular flexibility index (Phi) is 6.46. The van der Waals surface area contributed by atoms with E-state index in [-0.39, 0.29) is 26.4 Å². The van der Waals surface area contributed by atoms with Crippen LogP contribution in [0.25, 0.3) is 0 Å². The highest BCUT2D eigenvalue weighted by Gasteiger charge is 2.27. The van der Waals surface area contributed by atoms with Crippen molar-refractivity contribution in [2.24, 2.45) is 0 Å². The van der Waals surface area contributed by atoms with Crippen LogP contribution in [0.15, 0.2) is 41.3 Å². The number of methoxy groups -OCH3 is 1. The second-order valence-corrected chi connectivity index (χ2v) is 8.00. The molecule has 0 aromatic heterocycles. The minimum Gasteiger partial charge on any atom is -0.495 e. The highest BCUT2D eigenvalue weighted by Crippen LogP contribution is 2.30. The van der Waals surface area contributed by atoms with Crippen molar-refractivity contribution in [3.63, 3.8) is 0 Å². The highest BCUT2D eigenvalue weighted by molar-refractivity contribution is 7.89. The van der Waals surface area contributed by atoms with Gasteiger partial charge in [0.15, 0.2) is 0 Å². The van der Waals surface area contributed by atoms with Gasteiger partial charge in [-0.3, -0.25) is 4.79 Å². The van der Waals surface area contributed by atoms with Crippen LogP contribution in [0, 0.1) is 5.82 Å². The molecule has 10 heteroatoms. The van der Waals surface area contributed by atoms with E-state index in [0.29, 0.717) is 0 Å². The predicted molar refractivity (Wildman–Crippen MR) is 97.9 cm³/mol. The number of carbonyl (C=O) groups excluding carboxylic acids is 1. The van der Waals surface area contributed by atoms with Crippen LogP contribution in [0.4, 0.5) is 10.1 Å². The Morgan fingerprint density at radius 1 is 1.27 bits per heavy atom. The zero-order valence-electron chi connectivity index (χ0n) is 13.8. The number of nitrogens with one attached hydrogen (secondary N) is 1. The first-order valence-corrected chi connectivity index (χ1v) is 9.40. The van der Waals surface area contributed by atoms with E-state index in [1.54, 1.807) is 12.1 Å². The maximum absolute atomic E-state index is 13.5. The Morgan fingerprint density at radius 3 is 2.62 bits per heavy atom. The van der Waals surface area contributed by atoms with Gasteiger partial charge in [-0.05, 0) is 30.3 Å². The van der Waals surface area contributed by atoms with Crippen molar-refractivity contribution < 1.29 is 22.3 Å². The Hall–Kier alpha value is -1.87. The molecule has 0 aliphatic rings. The van der Waals surface area contributed by atoms with E-state index in [1.807, 2.05) is 0 Å². The number of rotatable bonds is 6. The molecule has 26 heavy (non-hydrogen) atoms. The van der Waals surface area contributed by atoms with Crippen LogP contribution in [0.1, 0.15) is 0 Å². The molecule has 0 aliphatic heterocycles. The van der Waals surface area contributed by atoms with Gasteiger partial charge in [0.1, 0.15) is 16.5 Å². The lowest BCUT2D eigenvalue weighted by atomic mass is 10.3. The molecule has 0 bridgehead atoms. The van der Waals surface area contributed by atoms with E-state index >= 15 is 0 Å². The Bertz CT molecular complexity index is 938. The predicted octanol–water partition coefficient (Wildman–Crippen LogP) is 3.40. The van der Waals surface area contributed by atoms with Crippen LogP contribution in [0.5, 0.6) is 5.75 Å². The summed E-state index contributed by atoms with van der Waals surface area (Å²) in [6.45, 7) is -0.523. The molecule has 0 heterocycles. The zero-order valence-corrected chi connectivity index (χ0v) is 16.1. The summed E-state index contributed by atoms with van der Waals surface area (Å²) >= 11 is 11.8. The van der Waals surface area contributed by atoms with E-state index in [2.05, 4.69) is 5.32 Å². The fourth-order valence-electron chi connectivity index (χ4n) is 2.10. The summed E-state index contributed by atoms with van der Waals surface area (Å²) < 4.78 is 44.5. The number of hydrogen-bond donors (Lipinski definition) is 1. The van der Waals surface area contributed by atoms with Crippen LogP contribution < -0.4 is 10.1 Å². The SMILES string of the molecule is COc1ccc(F)cc1S(=O)(=O)N(C)CC(=O)Nc1cccc(Cl)c1Cl. The Balaban J connectivity index is 2.20. The minimum atomic E-state index is -4.16. The number of hydrogen-bond acceptors (Lipinski definition) is 4. The summed E-state index contributed by atoms with van der Waals surface area (Å²) in [6.07, 6.45) is 0. The number of anilines is 1. The third kappa shape index (κ3) is 4.45. The smallest absolute Gasteiger partial charge is 0.247 e. The molecule has 0 radical (unpaired) electrons. The van der Waals surface area contributed by atoms with Gasteiger partial charge in [0.25, 0.3) is 0 Å². The van der Waals surface area contributed by atoms with Crippen molar-refractivity contribution in [2.45, 2.75) is 4.90 Å². The molecule has 6 nitrogen and oxygen atoms in total. The first-order valence-electron chi connectivity index (χ1n) is 7.20. The standard InChI is InChI=1S/C16H15Cl2FN2O4S/c1-21(9-15(22)20-12-5-3-4-11(17)16(12)18)26(23,24)14-8-10(19)6-7-13(14)25-2/h3-8H,9H2,1-2H3,(H,20,22). The van der Waals surface area contributed by atoms with E-state index in [1.165, 1.54) is 26.3 Å². The summed E-state index contributed by atoms with van der Waals surface area (Å²) in [6, 6.07) is 7.76. The van der Waals surface area contributed by atoms with Crippen molar-refractivity contribution in [3.05, 3.63) is 52.3 Å². The van der Waals surface area contributed by atoms with Crippen LogP contribution in [-0.4, -0.2) is 39.3 Å². The second kappa shape index (κ2) is 8.22. The van der Waals surface area contributed by atoms with Crippen molar-refractivity contribution in [1.82, 2.24) is 4.31 Å². The first-order chi connectivity index (χ1) is 12.2. The van der Waals surface area contributed by atoms with Gasteiger partial charge < -0.3 is 10.1 Å². The number of amides is 1. The van der Waals surface area contributed by atoms with Crippen LogP contribution >= 0.6 is 23.2 Å². The number of likely N-dealkylation sites (N-methyl/N-ethyl adjacent to an activating group) is 1. The molecule has 1 N–H and O–H groups in total. The molecule has 0 saturated heterocycles. The molecule has 0 atom stereocenters. The summed E-state index contributed by atoms with van der Waals surface area (Å²) in [4.78, 5) is 11.8. The maximum Gasteiger partial charge on any atom is 0.247 e. The average Bonchev–Trinajstić information content (AvgIpc) is 2.58. The van der Waals surface area contributed by atoms with Gasteiger partial charge in [0.05, 0.1) is 29.4 Å². The summed E-state index contributed by atoms with van der Waals surface area (Å²) in [5.74, 6) is -1.42. The Morgan fingerprint density at radius 2 is 1.96 bits per heavy atom. The van der Waals surface area contributed by atoms with E-state index in [0.717, 1.165) is 16.4 Å². The van der Waals surface area contributed by atoms with Crippen molar-refractivity contribution in [2.75, 3.05) is 26.0 Å². The molecule has 2 aromatic carbocycles. The number of ether oxygens (including phenoxy) is 1. The van der Waals surface area contributed by atoms with Crippen LogP contribution in [-0.2, 0) is 14.8 Å². The second-order valence-electron chi connectivity index (χ2n) is 5.21. The van der Waals surface area contributed by atoms with Crippen LogP contribution in [0.3, 0.4) is 0 Å². The molecule has 2 aromatic rings. The van der Waals surface area contributed by atoms with Gasteiger partial charge >= 0.3 is 0 Å². The maximum atomic E-state index is 13.5. The summed E-state index contributed by atoms with van der Waals surface area (Å²) in [5.41, 5.74) is 0.248. The monoisotopic (exact) mass is 420 g/mol. The fraction of sp³-hybridized carbons (Fsp3) is 0.188. The van der Waals surface area contributed by atoms with Gasteiger partial charge in [0, 0.05) is 7.05 Å².